The van der Waals surface area contributed by atoms with Crippen LogP contribution in [0.1, 0.15) is 11.1 Å². The van der Waals surface area contributed by atoms with E-state index in [0.29, 0.717) is 5.75 Å². The molecular formula is C16H18O4S2. The van der Waals surface area contributed by atoms with Crippen LogP contribution < -0.4 is 0 Å². The van der Waals surface area contributed by atoms with Crippen molar-refractivity contribution in [2.45, 2.75) is 17.3 Å². The number of aliphatic hydroxyl groups is 1. The average molecular weight is 338 g/mol. The molecule has 0 heterocycles. The summed E-state index contributed by atoms with van der Waals surface area (Å²) in [5.74, 6) is 0.299. The van der Waals surface area contributed by atoms with Crippen molar-refractivity contribution in [3.8, 4) is 0 Å². The van der Waals surface area contributed by atoms with E-state index in [1.54, 1.807) is 54.6 Å². The van der Waals surface area contributed by atoms with Gasteiger partial charge in [-0.1, -0.05) is 42.5 Å². The lowest BCUT2D eigenvalue weighted by Gasteiger charge is -2.05. The van der Waals surface area contributed by atoms with E-state index < -0.39 is 20.6 Å². The Hall–Kier alpha value is -1.50. The van der Waals surface area contributed by atoms with Gasteiger partial charge < -0.3 is 5.11 Å². The second-order valence-corrected chi connectivity index (χ2v) is 8.58. The predicted molar refractivity (Wildman–Crippen MR) is 87.6 cm³/mol. The molecule has 2 rings (SSSR count). The van der Waals surface area contributed by atoms with E-state index in [-0.39, 0.29) is 23.0 Å². The summed E-state index contributed by atoms with van der Waals surface area (Å²) in [6.45, 7) is -0.0291. The molecule has 0 aliphatic heterocycles. The largest absolute Gasteiger partial charge is 0.392 e. The van der Waals surface area contributed by atoms with Gasteiger partial charge in [0.25, 0.3) is 0 Å². The van der Waals surface area contributed by atoms with Crippen molar-refractivity contribution in [3.05, 3.63) is 65.7 Å². The van der Waals surface area contributed by atoms with Crippen molar-refractivity contribution in [1.82, 2.24) is 0 Å². The molecule has 1 unspecified atom stereocenters. The van der Waals surface area contributed by atoms with Gasteiger partial charge in [-0.15, -0.1) is 0 Å². The van der Waals surface area contributed by atoms with E-state index in [1.807, 2.05) is 0 Å². The van der Waals surface area contributed by atoms with Crippen molar-refractivity contribution in [2.75, 3.05) is 11.5 Å². The van der Waals surface area contributed by atoms with Crippen LogP contribution in [0.2, 0.25) is 0 Å². The Morgan fingerprint density at radius 2 is 1.50 bits per heavy atom. The monoisotopic (exact) mass is 338 g/mol. The summed E-state index contributed by atoms with van der Waals surface area (Å²) in [7, 11) is -4.63. The van der Waals surface area contributed by atoms with Crippen LogP contribution in [-0.2, 0) is 33.0 Å². The smallest absolute Gasteiger partial charge is 0.179 e. The first-order valence-electron chi connectivity index (χ1n) is 6.83. The van der Waals surface area contributed by atoms with Crippen LogP contribution in [0.3, 0.4) is 0 Å². The van der Waals surface area contributed by atoms with E-state index >= 15 is 0 Å². The molecule has 0 radical (unpaired) electrons. The molecule has 1 N–H and O–H groups in total. The lowest BCUT2D eigenvalue weighted by Crippen LogP contribution is -2.14. The highest BCUT2D eigenvalue weighted by molar-refractivity contribution is 7.93. The molecule has 0 fully saturated rings. The third kappa shape index (κ3) is 4.76. The van der Waals surface area contributed by atoms with Crippen LogP contribution in [0.4, 0.5) is 0 Å². The van der Waals surface area contributed by atoms with Crippen LogP contribution >= 0.6 is 0 Å². The van der Waals surface area contributed by atoms with Gasteiger partial charge in [-0.2, -0.15) is 0 Å². The minimum Gasteiger partial charge on any atom is -0.392 e. The highest BCUT2D eigenvalue weighted by Gasteiger charge is 2.15. The van der Waals surface area contributed by atoms with Gasteiger partial charge in [0, 0.05) is 22.3 Å². The molecule has 118 valence electrons. The summed E-state index contributed by atoms with van der Waals surface area (Å²) in [5, 5.41) is 8.97. The highest BCUT2D eigenvalue weighted by atomic mass is 32.2. The molecule has 2 aromatic carbocycles. The van der Waals surface area contributed by atoms with Gasteiger partial charge in [-0.05, 0) is 23.3 Å². The molecule has 0 bridgehead atoms. The van der Waals surface area contributed by atoms with E-state index in [1.165, 1.54) is 0 Å². The van der Waals surface area contributed by atoms with Gasteiger partial charge in [0.2, 0.25) is 0 Å². The third-order valence-corrected chi connectivity index (χ3v) is 6.52. The molecule has 0 saturated carbocycles. The van der Waals surface area contributed by atoms with Crippen molar-refractivity contribution in [1.29, 1.82) is 0 Å². The zero-order valence-electron chi connectivity index (χ0n) is 12.0. The topological polar surface area (TPSA) is 71.4 Å². The van der Waals surface area contributed by atoms with Gasteiger partial charge in [0.1, 0.15) is 0 Å². The molecule has 6 heteroatoms. The Balaban J connectivity index is 1.92. The third-order valence-electron chi connectivity index (χ3n) is 3.22. The van der Waals surface area contributed by atoms with Gasteiger partial charge in [0.05, 0.1) is 17.3 Å². The van der Waals surface area contributed by atoms with E-state index in [9.17, 15) is 12.6 Å². The fourth-order valence-corrected chi connectivity index (χ4v) is 5.08. The molecular weight excluding hydrogens is 320 g/mol. The minimum absolute atomic E-state index is 0.0291. The Morgan fingerprint density at radius 1 is 0.909 bits per heavy atom. The first-order chi connectivity index (χ1) is 10.5. The van der Waals surface area contributed by atoms with Crippen LogP contribution in [0, 0.1) is 0 Å². The second kappa shape index (κ2) is 7.67. The van der Waals surface area contributed by atoms with Crippen molar-refractivity contribution in [3.63, 3.8) is 0 Å². The molecule has 0 spiro atoms. The zero-order valence-corrected chi connectivity index (χ0v) is 13.6. The van der Waals surface area contributed by atoms with Crippen LogP contribution in [0.5, 0.6) is 0 Å². The molecule has 22 heavy (non-hydrogen) atoms. The number of sulfone groups is 1. The standard InChI is InChI=1S/C16H18O4S2/c17-12-14-6-8-15(9-7-14)13-21(18)10-11-22(19,20)16-4-2-1-3-5-16/h1-9,17H,10-13H2. The molecule has 0 amide bonds. The fourth-order valence-electron chi connectivity index (χ4n) is 1.95. The maximum atomic E-state index is 12.1. The van der Waals surface area contributed by atoms with Crippen molar-refractivity contribution < 1.29 is 17.7 Å². The Labute approximate surface area is 133 Å². The molecule has 0 aromatic heterocycles. The van der Waals surface area contributed by atoms with Crippen molar-refractivity contribution in [2.24, 2.45) is 0 Å². The molecule has 2 aromatic rings. The average Bonchev–Trinajstić information content (AvgIpc) is 2.55. The van der Waals surface area contributed by atoms with Crippen LogP contribution in [-0.4, -0.2) is 29.2 Å². The van der Waals surface area contributed by atoms with Crippen molar-refractivity contribution >= 4 is 20.6 Å². The quantitative estimate of drug-likeness (QED) is 0.837. The number of benzene rings is 2. The number of hydrogen-bond donors (Lipinski definition) is 1. The Bertz CT molecular complexity index is 723. The molecule has 4 nitrogen and oxygen atoms in total. The molecule has 0 aliphatic rings. The van der Waals surface area contributed by atoms with Crippen LogP contribution in [0.25, 0.3) is 0 Å². The predicted octanol–water partition coefficient (Wildman–Crippen LogP) is 1.90. The molecule has 0 saturated heterocycles. The SMILES string of the molecule is O=S(CCS(=O)(=O)c1ccccc1)Cc1ccc(CO)cc1. The maximum Gasteiger partial charge on any atom is 0.179 e. The number of hydrogen-bond acceptors (Lipinski definition) is 4. The fraction of sp³-hybridized carbons (Fsp3) is 0.250. The molecule has 0 aliphatic carbocycles. The summed E-state index contributed by atoms with van der Waals surface area (Å²) >= 11 is 0. The van der Waals surface area contributed by atoms with Gasteiger partial charge >= 0.3 is 0 Å². The highest BCUT2D eigenvalue weighted by Crippen LogP contribution is 2.12. The van der Waals surface area contributed by atoms with E-state index in [0.717, 1.165) is 11.1 Å². The summed E-state index contributed by atoms with van der Waals surface area (Å²) < 4.78 is 36.3. The lowest BCUT2D eigenvalue weighted by molar-refractivity contribution is 0.282. The van der Waals surface area contributed by atoms with Gasteiger partial charge in [-0.3, -0.25) is 4.21 Å². The zero-order chi connectivity index (χ0) is 16.0. The lowest BCUT2D eigenvalue weighted by atomic mass is 10.2. The summed E-state index contributed by atoms with van der Waals surface area (Å²) in [5.41, 5.74) is 1.66. The second-order valence-electron chi connectivity index (χ2n) is 4.89. The summed E-state index contributed by atoms with van der Waals surface area (Å²) in [4.78, 5) is 0.263. The Kier molecular flexibility index (Phi) is 5.88. The van der Waals surface area contributed by atoms with Gasteiger partial charge in [0.15, 0.2) is 9.84 Å². The minimum atomic E-state index is -3.38. The van der Waals surface area contributed by atoms with E-state index in [4.69, 9.17) is 5.11 Å². The van der Waals surface area contributed by atoms with Crippen LogP contribution in [0.15, 0.2) is 59.5 Å². The van der Waals surface area contributed by atoms with E-state index in [2.05, 4.69) is 0 Å². The maximum absolute atomic E-state index is 12.1. The first kappa shape index (κ1) is 16.9. The first-order valence-corrected chi connectivity index (χ1v) is 9.97. The summed E-state index contributed by atoms with van der Waals surface area (Å²) in [6, 6.07) is 15.3. The van der Waals surface area contributed by atoms with Gasteiger partial charge in [-0.25, -0.2) is 8.42 Å². The number of rotatable bonds is 7. The Morgan fingerprint density at radius 3 is 2.09 bits per heavy atom. The molecule has 1 atom stereocenters. The normalized spacial score (nSPS) is 13.0. The summed E-state index contributed by atoms with van der Waals surface area (Å²) in [6.07, 6.45) is 0. The number of aliphatic hydroxyl groups excluding tert-OH is 1.